The normalized spacial score (nSPS) is 12.1. The van der Waals surface area contributed by atoms with Gasteiger partial charge in [0.05, 0.1) is 39.3 Å². The van der Waals surface area contributed by atoms with E-state index in [2.05, 4.69) is 21.5 Å². The number of sulfonamides is 1. The van der Waals surface area contributed by atoms with Gasteiger partial charge < -0.3 is 14.3 Å². The molecule has 0 saturated carbocycles. The number of nitrogens with one attached hydrogen (secondary N) is 1. The highest BCUT2D eigenvalue weighted by molar-refractivity contribution is 7.98. The molecule has 0 aliphatic carbocycles. The third kappa shape index (κ3) is 4.70. The molecular weight excluding hydrogens is 434 g/mol. The van der Waals surface area contributed by atoms with E-state index in [1.807, 2.05) is 25.1 Å². The van der Waals surface area contributed by atoms with Gasteiger partial charge in [0, 0.05) is 12.6 Å². The molecule has 4 rings (SSSR count). The van der Waals surface area contributed by atoms with Crippen molar-refractivity contribution in [3.05, 3.63) is 42.2 Å². The largest absolute Gasteiger partial charge is 0.494 e. The molecule has 8 nitrogen and oxygen atoms in total. The topological polar surface area (TPSA) is 116 Å². The molecule has 0 atom stereocenters. The molecule has 3 N–H and O–H groups in total. The van der Waals surface area contributed by atoms with Crippen LogP contribution in [-0.4, -0.2) is 34.5 Å². The van der Waals surface area contributed by atoms with Gasteiger partial charge >= 0.3 is 0 Å². The van der Waals surface area contributed by atoms with Gasteiger partial charge in [-0.25, -0.2) is 23.5 Å². The highest BCUT2D eigenvalue weighted by atomic mass is 32.2. The van der Waals surface area contributed by atoms with Crippen LogP contribution in [-0.2, 0) is 22.3 Å². The Morgan fingerprint density at radius 1 is 1.13 bits per heavy atom. The van der Waals surface area contributed by atoms with Gasteiger partial charge in [-0.3, -0.25) is 0 Å². The van der Waals surface area contributed by atoms with E-state index in [9.17, 15) is 8.42 Å². The van der Waals surface area contributed by atoms with Crippen LogP contribution in [0.15, 0.2) is 46.5 Å². The summed E-state index contributed by atoms with van der Waals surface area (Å²) in [7, 11) is -3.77. The molecule has 0 saturated heterocycles. The minimum atomic E-state index is -3.77. The van der Waals surface area contributed by atoms with Crippen LogP contribution in [0.2, 0.25) is 0 Å². The second kappa shape index (κ2) is 8.89. The fraction of sp³-hybridized carbons (Fsp3) is 0.333. The monoisotopic (exact) mass is 459 g/mol. The van der Waals surface area contributed by atoms with E-state index < -0.39 is 10.0 Å². The lowest BCUT2D eigenvalue weighted by molar-refractivity contribution is 0.340. The zero-order valence-electron chi connectivity index (χ0n) is 17.5. The zero-order valence-corrected chi connectivity index (χ0v) is 19.1. The van der Waals surface area contributed by atoms with E-state index in [0.29, 0.717) is 17.9 Å². The predicted molar refractivity (Wildman–Crippen MR) is 123 cm³/mol. The number of unbranched alkanes of at least 4 members (excludes halogenated alkanes) is 1. The van der Waals surface area contributed by atoms with Crippen molar-refractivity contribution in [1.82, 2.24) is 19.5 Å². The number of nitrogens with two attached hydrogens (primary N) is 1. The number of hydrogen-bond acceptors (Lipinski definition) is 6. The van der Waals surface area contributed by atoms with E-state index >= 15 is 0 Å². The summed E-state index contributed by atoms with van der Waals surface area (Å²) < 4.78 is 31.1. The van der Waals surface area contributed by atoms with Crippen LogP contribution < -0.4 is 9.88 Å². The number of ether oxygens (including phenoxy) is 1. The predicted octanol–water partition coefficient (Wildman–Crippen LogP) is 4.05. The first-order valence-electron chi connectivity index (χ1n) is 10.2. The Balaban J connectivity index is 1.62. The Morgan fingerprint density at radius 2 is 1.97 bits per heavy atom. The average molecular weight is 460 g/mol. The van der Waals surface area contributed by atoms with Gasteiger partial charge in [0.1, 0.15) is 11.6 Å². The Kier molecular flexibility index (Phi) is 6.22. The van der Waals surface area contributed by atoms with Crippen LogP contribution in [0.25, 0.3) is 22.1 Å². The second-order valence-electron chi connectivity index (χ2n) is 7.17. The number of benzene rings is 2. The minimum absolute atomic E-state index is 0.0710. The average Bonchev–Trinajstić information content (AvgIpc) is 3.29. The van der Waals surface area contributed by atoms with Gasteiger partial charge in [-0.15, -0.1) is 0 Å². The van der Waals surface area contributed by atoms with Crippen LogP contribution in [0.3, 0.4) is 0 Å². The molecule has 0 amide bonds. The van der Waals surface area contributed by atoms with Gasteiger partial charge in [0.25, 0.3) is 0 Å². The molecule has 2 aromatic carbocycles. The van der Waals surface area contributed by atoms with Crippen molar-refractivity contribution in [2.24, 2.45) is 5.14 Å². The fourth-order valence-electron chi connectivity index (χ4n) is 3.44. The first-order chi connectivity index (χ1) is 14.9. The molecule has 0 aliphatic heterocycles. The van der Waals surface area contributed by atoms with Gasteiger partial charge in [0.2, 0.25) is 10.0 Å². The van der Waals surface area contributed by atoms with Crippen LogP contribution in [0.1, 0.15) is 32.5 Å². The van der Waals surface area contributed by atoms with Crippen molar-refractivity contribution in [2.75, 3.05) is 6.61 Å². The maximum atomic E-state index is 11.7. The molecule has 10 heteroatoms. The Labute approximate surface area is 185 Å². The maximum absolute atomic E-state index is 11.7. The van der Waals surface area contributed by atoms with E-state index in [0.717, 1.165) is 52.7 Å². The molecule has 0 radical (unpaired) electrons. The first kappa shape index (κ1) is 21.7. The van der Waals surface area contributed by atoms with Crippen molar-refractivity contribution in [3.8, 4) is 5.75 Å². The van der Waals surface area contributed by atoms with E-state index in [4.69, 9.17) is 14.9 Å². The lowest BCUT2D eigenvalue weighted by atomic mass is 10.3. The van der Waals surface area contributed by atoms with E-state index in [1.165, 1.54) is 12.1 Å². The molecule has 0 bridgehead atoms. The number of H-pyrrole nitrogens is 1. The SMILES string of the molecule is CCCCn1c(CSc2nc3ccc(OCC)cc3[nH]2)nc2cc(S(N)(=O)=O)ccc21. The summed E-state index contributed by atoms with van der Waals surface area (Å²) in [6, 6.07) is 10.6. The lowest BCUT2D eigenvalue weighted by Crippen LogP contribution is -2.11. The smallest absolute Gasteiger partial charge is 0.238 e. The highest BCUT2D eigenvalue weighted by Crippen LogP contribution is 2.28. The number of hydrogen-bond donors (Lipinski definition) is 2. The number of nitrogens with zero attached hydrogens (tertiary/aromatic N) is 3. The number of fused-ring (bicyclic) bond motifs is 2. The summed E-state index contributed by atoms with van der Waals surface area (Å²) in [4.78, 5) is 12.7. The number of aryl methyl sites for hydroxylation is 1. The summed E-state index contributed by atoms with van der Waals surface area (Å²) in [6.07, 6.45) is 2.05. The first-order valence-corrected chi connectivity index (χ1v) is 12.7. The maximum Gasteiger partial charge on any atom is 0.238 e. The number of aromatic amines is 1. The van der Waals surface area contributed by atoms with Crippen LogP contribution in [0.5, 0.6) is 5.75 Å². The molecule has 2 heterocycles. The highest BCUT2D eigenvalue weighted by Gasteiger charge is 2.16. The third-order valence-corrected chi connectivity index (χ3v) is 6.72. The quantitative estimate of drug-likeness (QED) is 0.365. The number of aromatic nitrogens is 4. The van der Waals surface area contributed by atoms with Crippen molar-refractivity contribution in [2.45, 2.75) is 49.0 Å². The van der Waals surface area contributed by atoms with Crippen LogP contribution >= 0.6 is 11.8 Å². The Bertz CT molecular complexity index is 1330. The van der Waals surface area contributed by atoms with Gasteiger partial charge in [-0.05, 0) is 43.7 Å². The number of imidazole rings is 2. The van der Waals surface area contributed by atoms with Gasteiger partial charge in [-0.1, -0.05) is 25.1 Å². The molecule has 31 heavy (non-hydrogen) atoms. The molecule has 0 spiro atoms. The molecule has 2 aromatic heterocycles. The second-order valence-corrected chi connectivity index (χ2v) is 9.70. The van der Waals surface area contributed by atoms with E-state index in [-0.39, 0.29) is 4.90 Å². The summed E-state index contributed by atoms with van der Waals surface area (Å²) in [6.45, 7) is 5.52. The molecule has 4 aromatic rings. The lowest BCUT2D eigenvalue weighted by Gasteiger charge is -2.08. The Hall–Kier alpha value is -2.56. The minimum Gasteiger partial charge on any atom is -0.494 e. The zero-order chi connectivity index (χ0) is 22.0. The summed E-state index contributed by atoms with van der Waals surface area (Å²) in [5, 5.41) is 6.08. The molecule has 164 valence electrons. The number of primary sulfonamides is 1. The van der Waals surface area contributed by atoms with Crippen molar-refractivity contribution in [3.63, 3.8) is 0 Å². The summed E-state index contributed by atoms with van der Waals surface area (Å²) in [5.74, 6) is 2.28. The van der Waals surface area contributed by atoms with Gasteiger partial charge in [0.15, 0.2) is 5.16 Å². The molecule has 0 aliphatic rings. The van der Waals surface area contributed by atoms with E-state index in [1.54, 1.807) is 17.8 Å². The van der Waals surface area contributed by atoms with Crippen molar-refractivity contribution >= 4 is 43.9 Å². The molecule has 0 fully saturated rings. The van der Waals surface area contributed by atoms with Crippen molar-refractivity contribution in [1.29, 1.82) is 0 Å². The molecular formula is C21H25N5O3S2. The standard InChI is InChI=1S/C21H25N5O3S2/c1-3-5-10-26-19-9-7-15(31(22,27)28)12-18(19)23-20(26)13-30-21-24-16-8-6-14(29-4-2)11-17(16)25-21/h6-9,11-12H,3-5,10,13H2,1-2H3,(H,24,25)(H2,22,27,28). The summed E-state index contributed by atoms with van der Waals surface area (Å²) >= 11 is 1.56. The number of thioether (sulfide) groups is 1. The third-order valence-electron chi connectivity index (χ3n) is 4.94. The van der Waals surface area contributed by atoms with Crippen molar-refractivity contribution < 1.29 is 13.2 Å². The fourth-order valence-corrected chi connectivity index (χ4v) is 4.80. The van der Waals surface area contributed by atoms with Crippen LogP contribution in [0.4, 0.5) is 0 Å². The summed E-state index contributed by atoms with van der Waals surface area (Å²) in [5.41, 5.74) is 3.33. The molecule has 0 unspecified atom stereocenters. The van der Waals surface area contributed by atoms with Crippen LogP contribution in [0, 0.1) is 0 Å². The number of rotatable bonds is 9. The van der Waals surface area contributed by atoms with Gasteiger partial charge in [-0.2, -0.15) is 0 Å². The Morgan fingerprint density at radius 3 is 2.71 bits per heavy atom.